The van der Waals surface area contributed by atoms with E-state index in [1.807, 2.05) is 11.8 Å². The molecule has 0 aromatic carbocycles. The molecule has 0 N–H and O–H groups in total. The highest BCUT2D eigenvalue weighted by Gasteiger charge is 2.34. The Labute approximate surface area is 178 Å². The number of aromatic nitrogens is 2. The van der Waals surface area contributed by atoms with Crippen molar-refractivity contribution in [3.05, 3.63) is 17.1 Å². The minimum Gasteiger partial charge on any atom is -0.378 e. The van der Waals surface area contributed by atoms with Crippen molar-refractivity contribution in [2.24, 2.45) is 0 Å². The average Bonchev–Trinajstić information content (AvgIpc) is 3.21. The largest absolute Gasteiger partial charge is 0.378 e. The first-order chi connectivity index (χ1) is 14.5. The lowest BCUT2D eigenvalue weighted by Gasteiger charge is -2.35. The summed E-state index contributed by atoms with van der Waals surface area (Å²) in [6, 6.07) is -0.359. The Balaban J connectivity index is 1.42. The summed E-state index contributed by atoms with van der Waals surface area (Å²) in [5, 5.41) is 0. The SMILES string of the molecule is Cc1nc(C2CCN(C(=O)C(C)N3CCCC3=O)CC2)nc(N2CCOCC2)c1C. The minimum atomic E-state index is -0.359. The number of morpholine rings is 1. The van der Waals surface area contributed by atoms with Crippen molar-refractivity contribution in [2.45, 2.75) is 58.4 Å². The molecule has 0 bridgehead atoms. The maximum Gasteiger partial charge on any atom is 0.245 e. The van der Waals surface area contributed by atoms with Crippen LogP contribution in [0.3, 0.4) is 0 Å². The Morgan fingerprint density at radius 1 is 1.07 bits per heavy atom. The number of carbonyl (C=O) groups excluding carboxylic acids is 2. The van der Waals surface area contributed by atoms with Crippen molar-refractivity contribution >= 4 is 17.6 Å². The predicted molar refractivity (Wildman–Crippen MR) is 114 cm³/mol. The van der Waals surface area contributed by atoms with Gasteiger partial charge in [-0.15, -0.1) is 0 Å². The molecule has 3 fully saturated rings. The maximum atomic E-state index is 12.9. The number of nitrogens with zero attached hydrogens (tertiary/aromatic N) is 5. The standard InChI is InChI=1S/C22H33N5O3/c1-15-16(2)23-20(24-21(15)25-11-13-30-14-12-25)18-6-9-26(10-7-18)22(29)17(3)27-8-4-5-19(27)28/h17-18H,4-14H2,1-3H3. The highest BCUT2D eigenvalue weighted by atomic mass is 16.5. The Morgan fingerprint density at radius 2 is 1.77 bits per heavy atom. The number of rotatable bonds is 4. The van der Waals surface area contributed by atoms with E-state index in [0.29, 0.717) is 26.1 Å². The molecule has 0 saturated carbocycles. The molecule has 30 heavy (non-hydrogen) atoms. The summed E-state index contributed by atoms with van der Waals surface area (Å²) in [6.45, 7) is 11.3. The Hall–Kier alpha value is -2.22. The second kappa shape index (κ2) is 8.88. The summed E-state index contributed by atoms with van der Waals surface area (Å²) < 4.78 is 5.49. The lowest BCUT2D eigenvalue weighted by Crippen LogP contribution is -2.49. The van der Waals surface area contributed by atoms with Gasteiger partial charge in [-0.1, -0.05) is 0 Å². The van der Waals surface area contributed by atoms with E-state index in [1.54, 1.807) is 4.90 Å². The second-order valence-corrected chi connectivity index (χ2v) is 8.68. The number of likely N-dealkylation sites (tertiary alicyclic amines) is 2. The third kappa shape index (κ3) is 4.15. The van der Waals surface area contributed by atoms with Crippen LogP contribution in [-0.2, 0) is 14.3 Å². The number of piperidine rings is 1. The smallest absolute Gasteiger partial charge is 0.245 e. The van der Waals surface area contributed by atoms with Crippen LogP contribution < -0.4 is 4.90 Å². The highest BCUT2D eigenvalue weighted by Crippen LogP contribution is 2.30. The molecule has 1 unspecified atom stereocenters. The number of ether oxygens (including phenoxy) is 1. The first-order valence-corrected chi connectivity index (χ1v) is 11.2. The fourth-order valence-corrected chi connectivity index (χ4v) is 4.73. The molecule has 4 rings (SSSR count). The van der Waals surface area contributed by atoms with E-state index in [2.05, 4.69) is 18.7 Å². The molecule has 8 heteroatoms. The third-order valence-corrected chi connectivity index (χ3v) is 6.80. The molecule has 3 saturated heterocycles. The van der Waals surface area contributed by atoms with E-state index in [9.17, 15) is 9.59 Å². The molecule has 0 radical (unpaired) electrons. The first-order valence-electron chi connectivity index (χ1n) is 11.2. The lowest BCUT2D eigenvalue weighted by molar-refractivity contribution is -0.143. The molecule has 1 aromatic heterocycles. The number of carbonyl (C=O) groups is 2. The van der Waals surface area contributed by atoms with Crippen LogP contribution in [-0.4, -0.2) is 83.6 Å². The molecule has 1 aromatic rings. The van der Waals surface area contributed by atoms with Crippen molar-refractivity contribution in [3.63, 3.8) is 0 Å². The lowest BCUT2D eigenvalue weighted by atomic mass is 9.95. The summed E-state index contributed by atoms with van der Waals surface area (Å²) in [7, 11) is 0. The number of hydrogen-bond donors (Lipinski definition) is 0. The summed E-state index contributed by atoms with van der Waals surface area (Å²) in [4.78, 5) is 40.6. The third-order valence-electron chi connectivity index (χ3n) is 6.80. The van der Waals surface area contributed by atoms with E-state index in [4.69, 9.17) is 14.7 Å². The zero-order valence-electron chi connectivity index (χ0n) is 18.4. The topological polar surface area (TPSA) is 78.9 Å². The molecule has 2 amide bonds. The van der Waals surface area contributed by atoms with Gasteiger partial charge in [0.15, 0.2) is 0 Å². The van der Waals surface area contributed by atoms with E-state index in [0.717, 1.165) is 68.5 Å². The van der Waals surface area contributed by atoms with Crippen LogP contribution in [0.4, 0.5) is 5.82 Å². The molecular formula is C22H33N5O3. The van der Waals surface area contributed by atoms with Crippen molar-refractivity contribution in [3.8, 4) is 0 Å². The molecule has 164 valence electrons. The predicted octanol–water partition coefficient (Wildman–Crippen LogP) is 1.65. The summed E-state index contributed by atoms with van der Waals surface area (Å²) in [6.07, 6.45) is 3.14. The van der Waals surface area contributed by atoms with E-state index in [-0.39, 0.29) is 23.8 Å². The van der Waals surface area contributed by atoms with Gasteiger partial charge in [-0.25, -0.2) is 9.97 Å². The van der Waals surface area contributed by atoms with Gasteiger partial charge in [0.25, 0.3) is 0 Å². The molecular weight excluding hydrogens is 382 g/mol. The van der Waals surface area contributed by atoms with Gasteiger partial charge in [0.05, 0.1) is 13.2 Å². The normalized spacial score (nSPS) is 22.0. The zero-order chi connectivity index (χ0) is 21.3. The van der Waals surface area contributed by atoms with Gasteiger partial charge in [-0.05, 0) is 40.0 Å². The second-order valence-electron chi connectivity index (χ2n) is 8.68. The van der Waals surface area contributed by atoms with Crippen LogP contribution in [0, 0.1) is 13.8 Å². The molecule has 1 atom stereocenters. The molecule has 3 aliphatic rings. The quantitative estimate of drug-likeness (QED) is 0.744. The molecule has 0 aliphatic carbocycles. The van der Waals surface area contributed by atoms with Crippen LogP contribution >= 0.6 is 0 Å². The first kappa shape index (κ1) is 21.0. The van der Waals surface area contributed by atoms with Crippen LogP contribution in [0.15, 0.2) is 0 Å². The van der Waals surface area contributed by atoms with Gasteiger partial charge in [0.2, 0.25) is 11.8 Å². The van der Waals surface area contributed by atoms with Crippen molar-refractivity contribution < 1.29 is 14.3 Å². The Bertz CT molecular complexity index is 800. The van der Waals surface area contributed by atoms with Gasteiger partial charge in [0, 0.05) is 56.3 Å². The van der Waals surface area contributed by atoms with Crippen LogP contribution in [0.5, 0.6) is 0 Å². The number of hydrogen-bond acceptors (Lipinski definition) is 6. The van der Waals surface area contributed by atoms with Gasteiger partial charge in [-0.3, -0.25) is 9.59 Å². The monoisotopic (exact) mass is 415 g/mol. The van der Waals surface area contributed by atoms with Crippen LogP contribution in [0.2, 0.25) is 0 Å². The number of aryl methyl sites for hydroxylation is 1. The van der Waals surface area contributed by atoms with E-state index < -0.39 is 0 Å². The Kier molecular flexibility index (Phi) is 6.22. The van der Waals surface area contributed by atoms with E-state index >= 15 is 0 Å². The molecule has 0 spiro atoms. The van der Waals surface area contributed by atoms with Crippen molar-refractivity contribution in [1.82, 2.24) is 19.8 Å². The van der Waals surface area contributed by atoms with Crippen LogP contribution in [0.25, 0.3) is 0 Å². The van der Waals surface area contributed by atoms with Gasteiger partial charge < -0.3 is 19.4 Å². The van der Waals surface area contributed by atoms with Crippen molar-refractivity contribution in [2.75, 3.05) is 50.8 Å². The maximum absolute atomic E-state index is 12.9. The summed E-state index contributed by atoms with van der Waals surface area (Å²) >= 11 is 0. The number of anilines is 1. The van der Waals surface area contributed by atoms with Gasteiger partial charge in [0.1, 0.15) is 17.7 Å². The summed E-state index contributed by atoms with van der Waals surface area (Å²) in [5.41, 5.74) is 2.17. The van der Waals surface area contributed by atoms with Crippen molar-refractivity contribution in [1.29, 1.82) is 0 Å². The summed E-state index contributed by atoms with van der Waals surface area (Å²) in [5.74, 6) is 2.36. The number of amides is 2. The molecule has 4 heterocycles. The van der Waals surface area contributed by atoms with Gasteiger partial charge >= 0.3 is 0 Å². The fraction of sp³-hybridized carbons (Fsp3) is 0.727. The van der Waals surface area contributed by atoms with Crippen LogP contribution in [0.1, 0.15) is 55.6 Å². The van der Waals surface area contributed by atoms with Gasteiger partial charge in [-0.2, -0.15) is 0 Å². The Morgan fingerprint density at radius 3 is 2.40 bits per heavy atom. The zero-order valence-corrected chi connectivity index (χ0v) is 18.4. The molecule has 3 aliphatic heterocycles. The fourth-order valence-electron chi connectivity index (χ4n) is 4.73. The average molecular weight is 416 g/mol. The minimum absolute atomic E-state index is 0.0683. The van der Waals surface area contributed by atoms with E-state index in [1.165, 1.54) is 0 Å². The highest BCUT2D eigenvalue weighted by molar-refractivity contribution is 5.88. The molecule has 8 nitrogen and oxygen atoms in total.